The van der Waals surface area contributed by atoms with Gasteiger partial charge in [-0.05, 0) is 48.5 Å². The Balaban J connectivity index is 1.34. The summed E-state index contributed by atoms with van der Waals surface area (Å²) < 4.78 is 11.3. The van der Waals surface area contributed by atoms with Gasteiger partial charge >= 0.3 is 0 Å². The number of nitrogens with zero attached hydrogens (tertiary/aromatic N) is 2. The summed E-state index contributed by atoms with van der Waals surface area (Å²) in [6, 6.07) is 47.5. The van der Waals surface area contributed by atoms with E-state index in [1.165, 1.54) is 43.6 Å². The molecule has 0 aliphatic carbocycles. The normalized spacial score (nSPS) is 12.1. The standard InChI is InChI=1S/C36H22N2O/c1-5-15-30-24(10-1)25-11-2-6-16-31(25)37(30)23-20-21-35-29(22-23)28-14-9-19-34(36(28)39-35)38-32-17-7-3-12-26(32)27-13-4-8-18-33(27)38/h1-22H. The highest BCUT2D eigenvalue weighted by Crippen LogP contribution is 2.39. The lowest BCUT2D eigenvalue weighted by molar-refractivity contribution is 0.666. The zero-order valence-electron chi connectivity index (χ0n) is 21.0. The molecule has 0 bridgehead atoms. The second kappa shape index (κ2) is 7.62. The molecule has 0 radical (unpaired) electrons. The zero-order chi connectivity index (χ0) is 25.5. The molecule has 3 aromatic heterocycles. The fraction of sp³-hybridized carbons (Fsp3) is 0. The van der Waals surface area contributed by atoms with Crippen molar-refractivity contribution < 1.29 is 4.42 Å². The maximum absolute atomic E-state index is 6.62. The molecule has 9 rings (SSSR count). The van der Waals surface area contributed by atoms with Crippen LogP contribution in [0.3, 0.4) is 0 Å². The molecule has 0 saturated heterocycles. The van der Waals surface area contributed by atoms with Gasteiger partial charge < -0.3 is 13.6 Å². The average Bonchev–Trinajstić information content (AvgIpc) is 3.65. The molecule has 0 atom stereocenters. The SMILES string of the molecule is c1cc(-n2c3ccccc3c3ccccc32)c2oc3ccc(-n4c5ccccc5c5ccccc54)cc3c2c1. The van der Waals surface area contributed by atoms with Crippen molar-refractivity contribution in [2.75, 3.05) is 0 Å². The molecule has 39 heavy (non-hydrogen) atoms. The van der Waals surface area contributed by atoms with E-state index in [1.807, 2.05) is 0 Å². The van der Waals surface area contributed by atoms with Gasteiger partial charge in [0.1, 0.15) is 5.58 Å². The third-order valence-electron chi connectivity index (χ3n) is 8.12. The number of fused-ring (bicyclic) bond motifs is 9. The van der Waals surface area contributed by atoms with Crippen LogP contribution in [0.2, 0.25) is 0 Å². The van der Waals surface area contributed by atoms with Gasteiger partial charge in [0, 0.05) is 38.0 Å². The summed E-state index contributed by atoms with van der Waals surface area (Å²) in [5.74, 6) is 0. The number of aromatic nitrogens is 2. The number of rotatable bonds is 2. The van der Waals surface area contributed by atoms with Gasteiger partial charge in [0.05, 0.1) is 27.8 Å². The first-order chi connectivity index (χ1) is 19.4. The van der Waals surface area contributed by atoms with Gasteiger partial charge in [-0.2, -0.15) is 0 Å². The lowest BCUT2D eigenvalue weighted by atomic mass is 10.1. The van der Waals surface area contributed by atoms with Crippen LogP contribution in [0.25, 0.3) is 76.9 Å². The van der Waals surface area contributed by atoms with Crippen molar-refractivity contribution in [2.45, 2.75) is 0 Å². The molecule has 3 nitrogen and oxygen atoms in total. The molecule has 0 aliphatic heterocycles. The van der Waals surface area contributed by atoms with E-state index in [0.717, 1.165) is 33.3 Å². The van der Waals surface area contributed by atoms with Gasteiger partial charge in [0.15, 0.2) is 5.58 Å². The van der Waals surface area contributed by atoms with Crippen LogP contribution in [0, 0.1) is 0 Å². The molecule has 0 N–H and O–H groups in total. The van der Waals surface area contributed by atoms with Crippen LogP contribution < -0.4 is 0 Å². The summed E-state index contributed by atoms with van der Waals surface area (Å²) in [7, 11) is 0. The molecule has 0 unspecified atom stereocenters. The summed E-state index contributed by atoms with van der Waals surface area (Å²) in [4.78, 5) is 0. The van der Waals surface area contributed by atoms with Crippen LogP contribution in [-0.2, 0) is 0 Å². The fourth-order valence-corrected chi connectivity index (χ4v) is 6.47. The molecule has 0 amide bonds. The number of furan rings is 1. The van der Waals surface area contributed by atoms with Crippen LogP contribution in [0.1, 0.15) is 0 Å². The van der Waals surface area contributed by atoms with Crippen molar-refractivity contribution in [3.63, 3.8) is 0 Å². The van der Waals surface area contributed by atoms with Crippen LogP contribution in [0.5, 0.6) is 0 Å². The number of hydrogen-bond acceptors (Lipinski definition) is 1. The minimum absolute atomic E-state index is 0.891. The van der Waals surface area contributed by atoms with Gasteiger partial charge in [-0.3, -0.25) is 0 Å². The smallest absolute Gasteiger partial charge is 0.159 e. The Labute approximate surface area is 223 Å². The molecular weight excluding hydrogens is 476 g/mol. The van der Waals surface area contributed by atoms with Crippen LogP contribution in [0.4, 0.5) is 0 Å². The van der Waals surface area contributed by atoms with Crippen molar-refractivity contribution in [1.29, 1.82) is 0 Å². The molecule has 0 saturated carbocycles. The third-order valence-corrected chi connectivity index (χ3v) is 8.12. The molecule has 0 aliphatic rings. The second-order valence-electron chi connectivity index (χ2n) is 10.2. The highest BCUT2D eigenvalue weighted by atomic mass is 16.3. The molecule has 3 heteroatoms. The van der Waals surface area contributed by atoms with E-state index in [-0.39, 0.29) is 0 Å². The van der Waals surface area contributed by atoms with Crippen molar-refractivity contribution in [2.24, 2.45) is 0 Å². The number of benzene rings is 6. The Bertz CT molecular complexity index is 2290. The molecule has 0 fully saturated rings. The topological polar surface area (TPSA) is 23.0 Å². The first-order valence-corrected chi connectivity index (χ1v) is 13.3. The van der Waals surface area contributed by atoms with E-state index in [2.05, 4.69) is 143 Å². The van der Waals surface area contributed by atoms with E-state index in [9.17, 15) is 0 Å². The van der Waals surface area contributed by atoms with Gasteiger partial charge in [-0.15, -0.1) is 0 Å². The number of hydrogen-bond donors (Lipinski definition) is 0. The van der Waals surface area contributed by atoms with Gasteiger partial charge in [-0.25, -0.2) is 0 Å². The average molecular weight is 499 g/mol. The van der Waals surface area contributed by atoms with Crippen LogP contribution >= 0.6 is 0 Å². The van der Waals surface area contributed by atoms with Gasteiger partial charge in [0.2, 0.25) is 0 Å². The first-order valence-electron chi connectivity index (χ1n) is 13.3. The Morgan fingerprint density at radius 2 is 0.872 bits per heavy atom. The second-order valence-corrected chi connectivity index (χ2v) is 10.2. The predicted molar refractivity (Wildman–Crippen MR) is 162 cm³/mol. The van der Waals surface area contributed by atoms with E-state index >= 15 is 0 Å². The molecule has 3 heterocycles. The first kappa shape index (κ1) is 20.7. The van der Waals surface area contributed by atoms with Crippen LogP contribution in [-0.4, -0.2) is 9.13 Å². The van der Waals surface area contributed by atoms with E-state index < -0.39 is 0 Å². The highest BCUT2D eigenvalue weighted by Gasteiger charge is 2.18. The lowest BCUT2D eigenvalue weighted by Gasteiger charge is -2.08. The Kier molecular flexibility index (Phi) is 4.05. The summed E-state index contributed by atoms with van der Waals surface area (Å²) in [5, 5.41) is 7.25. The monoisotopic (exact) mass is 498 g/mol. The van der Waals surface area contributed by atoms with Crippen molar-refractivity contribution in [1.82, 2.24) is 9.13 Å². The number of para-hydroxylation sites is 5. The van der Waals surface area contributed by atoms with Crippen molar-refractivity contribution in [3.05, 3.63) is 133 Å². The highest BCUT2D eigenvalue weighted by molar-refractivity contribution is 6.13. The largest absolute Gasteiger partial charge is 0.454 e. The Morgan fingerprint density at radius 3 is 1.44 bits per heavy atom. The fourth-order valence-electron chi connectivity index (χ4n) is 6.47. The molecule has 0 spiro atoms. The summed E-state index contributed by atoms with van der Waals surface area (Å²) in [6.45, 7) is 0. The van der Waals surface area contributed by atoms with Gasteiger partial charge in [0.25, 0.3) is 0 Å². The molecule has 182 valence electrons. The summed E-state index contributed by atoms with van der Waals surface area (Å²) >= 11 is 0. The quantitative estimate of drug-likeness (QED) is 0.233. The van der Waals surface area contributed by atoms with Crippen molar-refractivity contribution in [3.8, 4) is 11.4 Å². The minimum Gasteiger partial charge on any atom is -0.454 e. The van der Waals surface area contributed by atoms with Gasteiger partial charge in [-0.1, -0.05) is 84.9 Å². The maximum atomic E-state index is 6.62. The Morgan fingerprint density at radius 1 is 0.385 bits per heavy atom. The van der Waals surface area contributed by atoms with Crippen molar-refractivity contribution >= 4 is 65.6 Å². The molecule has 6 aromatic carbocycles. The third kappa shape index (κ3) is 2.76. The van der Waals surface area contributed by atoms with E-state index in [4.69, 9.17) is 4.42 Å². The zero-order valence-corrected chi connectivity index (χ0v) is 21.0. The molecular formula is C36H22N2O. The summed E-state index contributed by atoms with van der Waals surface area (Å²) in [5.41, 5.74) is 8.74. The minimum atomic E-state index is 0.891. The van der Waals surface area contributed by atoms with E-state index in [0.29, 0.717) is 0 Å². The lowest BCUT2D eigenvalue weighted by Crippen LogP contribution is -1.94. The molecule has 9 aromatic rings. The Hall–Kier alpha value is -5.28. The maximum Gasteiger partial charge on any atom is 0.159 e. The van der Waals surface area contributed by atoms with E-state index in [1.54, 1.807) is 0 Å². The predicted octanol–water partition coefficient (Wildman–Crippen LogP) is 9.78. The van der Waals surface area contributed by atoms with Crippen LogP contribution in [0.15, 0.2) is 138 Å². The summed E-state index contributed by atoms with van der Waals surface area (Å²) in [6.07, 6.45) is 0.